The van der Waals surface area contributed by atoms with Gasteiger partial charge in [-0.2, -0.15) is 13.2 Å². The molecule has 0 aromatic heterocycles. The van der Waals surface area contributed by atoms with E-state index >= 15 is 0 Å². The number of carbonyl (C=O) groups excluding carboxylic acids is 1. The predicted octanol–water partition coefficient (Wildman–Crippen LogP) is 5.99. The molecule has 26 heavy (non-hydrogen) atoms. The average molecular weight is 404 g/mol. The minimum absolute atomic E-state index is 0.452. The molecule has 0 amide bonds. The quantitative estimate of drug-likeness (QED) is 0.240. The number of hydrogen-bond donors (Lipinski definition) is 0. The van der Waals surface area contributed by atoms with Crippen molar-refractivity contribution in [2.75, 3.05) is 6.61 Å². The van der Waals surface area contributed by atoms with Crippen molar-refractivity contribution in [1.82, 2.24) is 0 Å². The van der Waals surface area contributed by atoms with Crippen LogP contribution in [-0.2, 0) is 9.53 Å². The third kappa shape index (κ3) is 11.5. The minimum atomic E-state index is -5.40. The van der Waals surface area contributed by atoms with Crippen LogP contribution >= 0.6 is 0 Å². The van der Waals surface area contributed by atoms with Gasteiger partial charge in [-0.15, -0.1) is 0 Å². The first kappa shape index (κ1) is 24.8. The Hall–Kier alpha value is -1.16. The standard InChI is InChI=1S/C15H21F9O2/c1-3-10(2)11(25)26-6-4-5-12(16,17)7-13(18,19)8-14(20,21)9-15(22,23)24/h10H,3-9H2,1-2H3. The fraction of sp³-hybridized carbons (Fsp3) is 0.933. The maximum Gasteiger partial charge on any atom is 0.394 e. The lowest BCUT2D eigenvalue weighted by atomic mass is 9.98. The zero-order valence-electron chi connectivity index (χ0n) is 14.2. The van der Waals surface area contributed by atoms with E-state index in [-0.39, 0.29) is 0 Å². The largest absolute Gasteiger partial charge is 0.465 e. The Labute approximate surface area is 145 Å². The van der Waals surface area contributed by atoms with Crippen LogP contribution in [0.1, 0.15) is 52.4 Å². The molecule has 0 aliphatic heterocycles. The molecule has 0 spiro atoms. The lowest BCUT2D eigenvalue weighted by molar-refractivity contribution is -0.214. The van der Waals surface area contributed by atoms with Crippen LogP contribution in [0.25, 0.3) is 0 Å². The van der Waals surface area contributed by atoms with Gasteiger partial charge in [-0.1, -0.05) is 13.8 Å². The second kappa shape index (κ2) is 9.16. The fourth-order valence-corrected chi connectivity index (χ4v) is 2.08. The Morgan fingerprint density at radius 1 is 0.846 bits per heavy atom. The third-order valence-electron chi connectivity index (χ3n) is 3.44. The van der Waals surface area contributed by atoms with Crippen LogP contribution in [0.3, 0.4) is 0 Å². The van der Waals surface area contributed by atoms with Crippen molar-refractivity contribution in [2.45, 2.75) is 76.3 Å². The lowest BCUT2D eigenvalue weighted by Gasteiger charge is -2.27. The molecule has 0 saturated carbocycles. The van der Waals surface area contributed by atoms with Crippen LogP contribution in [0.4, 0.5) is 39.5 Å². The van der Waals surface area contributed by atoms with E-state index in [1.54, 1.807) is 13.8 Å². The van der Waals surface area contributed by atoms with Gasteiger partial charge < -0.3 is 4.74 Å². The molecule has 1 unspecified atom stereocenters. The smallest absolute Gasteiger partial charge is 0.394 e. The van der Waals surface area contributed by atoms with Gasteiger partial charge in [0.15, 0.2) is 0 Å². The molecule has 2 nitrogen and oxygen atoms in total. The minimum Gasteiger partial charge on any atom is -0.465 e. The summed E-state index contributed by atoms with van der Waals surface area (Å²) in [6.07, 6.45) is -14.4. The summed E-state index contributed by atoms with van der Waals surface area (Å²) < 4.78 is 120. The first-order valence-corrected chi connectivity index (χ1v) is 7.85. The van der Waals surface area contributed by atoms with Gasteiger partial charge in [-0.25, -0.2) is 26.3 Å². The van der Waals surface area contributed by atoms with Crippen LogP contribution < -0.4 is 0 Å². The lowest BCUT2D eigenvalue weighted by Crippen LogP contribution is -2.37. The summed E-state index contributed by atoms with van der Waals surface area (Å²) in [5, 5.41) is 0. The molecular weight excluding hydrogens is 383 g/mol. The van der Waals surface area contributed by atoms with Gasteiger partial charge in [0.25, 0.3) is 17.8 Å². The van der Waals surface area contributed by atoms with Crippen LogP contribution in [0.5, 0.6) is 0 Å². The van der Waals surface area contributed by atoms with Crippen molar-refractivity contribution < 1.29 is 49.0 Å². The molecule has 11 heteroatoms. The Kier molecular flexibility index (Phi) is 8.75. The average Bonchev–Trinajstić information content (AvgIpc) is 2.36. The third-order valence-corrected chi connectivity index (χ3v) is 3.44. The first-order valence-electron chi connectivity index (χ1n) is 7.85. The summed E-state index contributed by atoms with van der Waals surface area (Å²) in [6, 6.07) is 0. The molecule has 0 rings (SSSR count). The van der Waals surface area contributed by atoms with Gasteiger partial charge in [-0.3, -0.25) is 4.79 Å². The molecule has 0 saturated heterocycles. The van der Waals surface area contributed by atoms with E-state index < -0.39 is 74.5 Å². The number of rotatable bonds is 11. The summed E-state index contributed by atoms with van der Waals surface area (Å²) in [5.74, 6) is -14.8. The summed E-state index contributed by atoms with van der Waals surface area (Å²) in [7, 11) is 0. The van der Waals surface area contributed by atoms with Crippen molar-refractivity contribution in [3.05, 3.63) is 0 Å². The monoisotopic (exact) mass is 404 g/mol. The van der Waals surface area contributed by atoms with Gasteiger partial charge in [0.2, 0.25) is 0 Å². The topological polar surface area (TPSA) is 26.3 Å². The maximum atomic E-state index is 13.5. The number of esters is 1. The van der Waals surface area contributed by atoms with Gasteiger partial charge in [0, 0.05) is 6.42 Å². The molecular formula is C15H21F9O2. The summed E-state index contributed by atoms with van der Waals surface area (Å²) in [6.45, 7) is 2.77. The summed E-state index contributed by atoms with van der Waals surface area (Å²) >= 11 is 0. The molecule has 0 aromatic carbocycles. The van der Waals surface area contributed by atoms with Crippen molar-refractivity contribution >= 4 is 5.97 Å². The van der Waals surface area contributed by atoms with Crippen LogP contribution in [0.15, 0.2) is 0 Å². The molecule has 156 valence electrons. The van der Waals surface area contributed by atoms with Crippen molar-refractivity contribution in [1.29, 1.82) is 0 Å². The predicted molar refractivity (Wildman–Crippen MR) is 74.4 cm³/mol. The highest BCUT2D eigenvalue weighted by atomic mass is 19.4. The van der Waals surface area contributed by atoms with Crippen molar-refractivity contribution in [3.8, 4) is 0 Å². The zero-order valence-corrected chi connectivity index (χ0v) is 14.2. The van der Waals surface area contributed by atoms with Crippen molar-refractivity contribution in [2.24, 2.45) is 5.92 Å². The first-order chi connectivity index (χ1) is 11.5. The molecule has 0 aromatic rings. The Balaban J connectivity index is 4.51. The number of hydrogen-bond acceptors (Lipinski definition) is 2. The van der Waals surface area contributed by atoms with E-state index in [0.717, 1.165) is 0 Å². The highest BCUT2D eigenvalue weighted by Crippen LogP contribution is 2.43. The second-order valence-electron chi connectivity index (χ2n) is 6.29. The molecule has 1 atom stereocenters. The van der Waals surface area contributed by atoms with E-state index in [1.165, 1.54) is 0 Å². The van der Waals surface area contributed by atoms with Crippen LogP contribution in [0.2, 0.25) is 0 Å². The Morgan fingerprint density at radius 2 is 1.31 bits per heavy atom. The zero-order chi connectivity index (χ0) is 20.8. The Morgan fingerprint density at radius 3 is 1.77 bits per heavy atom. The SMILES string of the molecule is CCC(C)C(=O)OCCCC(F)(F)CC(F)(F)CC(F)(F)CC(F)(F)F. The van der Waals surface area contributed by atoms with Crippen LogP contribution in [-0.4, -0.2) is 36.5 Å². The van der Waals surface area contributed by atoms with Gasteiger partial charge in [0.05, 0.1) is 25.4 Å². The number of carbonyl (C=O) groups is 1. The molecule has 0 fully saturated rings. The molecule has 0 bridgehead atoms. The van der Waals surface area contributed by atoms with E-state index in [1.807, 2.05) is 0 Å². The highest BCUT2D eigenvalue weighted by Gasteiger charge is 2.52. The van der Waals surface area contributed by atoms with E-state index in [0.29, 0.717) is 6.42 Å². The Bertz CT molecular complexity index is 447. The van der Waals surface area contributed by atoms with Gasteiger partial charge in [-0.05, 0) is 12.8 Å². The number of alkyl halides is 9. The molecule has 0 aliphatic carbocycles. The number of halogens is 9. The van der Waals surface area contributed by atoms with E-state index in [9.17, 15) is 44.3 Å². The summed E-state index contributed by atoms with van der Waals surface area (Å²) in [4.78, 5) is 11.3. The maximum absolute atomic E-state index is 13.5. The van der Waals surface area contributed by atoms with E-state index in [4.69, 9.17) is 0 Å². The molecule has 0 heterocycles. The summed E-state index contributed by atoms with van der Waals surface area (Å²) in [5.41, 5.74) is 0. The van der Waals surface area contributed by atoms with Crippen molar-refractivity contribution in [3.63, 3.8) is 0 Å². The van der Waals surface area contributed by atoms with Gasteiger partial charge >= 0.3 is 12.1 Å². The van der Waals surface area contributed by atoms with Crippen LogP contribution in [0, 0.1) is 5.92 Å². The molecule has 0 aliphatic rings. The molecule has 0 radical (unpaired) electrons. The van der Waals surface area contributed by atoms with E-state index in [2.05, 4.69) is 4.74 Å². The number of ether oxygens (including phenoxy) is 1. The normalized spacial score (nSPS) is 15.0. The van der Waals surface area contributed by atoms with Gasteiger partial charge in [0.1, 0.15) is 6.42 Å². The molecule has 0 N–H and O–H groups in total. The second-order valence-corrected chi connectivity index (χ2v) is 6.29. The highest BCUT2D eigenvalue weighted by molar-refractivity contribution is 5.71. The fourth-order valence-electron chi connectivity index (χ4n) is 2.08.